The highest BCUT2D eigenvalue weighted by Gasteiger charge is 2.44. The topological polar surface area (TPSA) is 284 Å². The van der Waals surface area contributed by atoms with Crippen LogP contribution in [0.5, 0.6) is 34.5 Å². The zero-order chi connectivity index (χ0) is 35.3. The molecule has 4 rings (SSSR count). The number of phenolic OH excluding ortho intramolecular Hbond substituents is 6. The van der Waals surface area contributed by atoms with Crippen LogP contribution in [0.3, 0.4) is 0 Å². The summed E-state index contributed by atoms with van der Waals surface area (Å²) in [6.45, 7) is -0.948. The first-order valence-electron chi connectivity index (χ1n) is 14.6. The van der Waals surface area contributed by atoms with Gasteiger partial charge < -0.3 is 70.4 Å². The van der Waals surface area contributed by atoms with Crippen LogP contribution in [-0.2, 0) is 36.6 Å². The van der Waals surface area contributed by atoms with E-state index in [1.807, 2.05) is 0 Å². The van der Waals surface area contributed by atoms with Crippen molar-refractivity contribution < 1.29 is 80.0 Å². The molecule has 16 heteroatoms. The summed E-state index contributed by atoms with van der Waals surface area (Å²) in [4.78, 5) is 25.3. The van der Waals surface area contributed by atoms with Crippen molar-refractivity contribution >= 4 is 11.9 Å². The van der Waals surface area contributed by atoms with Gasteiger partial charge in [-0.05, 0) is 65.1 Å². The fourth-order valence-corrected chi connectivity index (χ4v) is 5.29. The molecule has 0 bridgehead atoms. The molecule has 3 aromatic carbocycles. The van der Waals surface area contributed by atoms with Crippen molar-refractivity contribution in [2.45, 2.75) is 62.0 Å². The van der Waals surface area contributed by atoms with Gasteiger partial charge in [0.2, 0.25) is 6.10 Å². The van der Waals surface area contributed by atoms with E-state index in [-0.39, 0.29) is 41.7 Å². The molecular weight excluding hydrogens is 640 g/mol. The molecule has 0 aliphatic carbocycles. The van der Waals surface area contributed by atoms with Gasteiger partial charge in [0.25, 0.3) is 0 Å². The molecule has 11 N–H and O–H groups in total. The first-order chi connectivity index (χ1) is 22.7. The van der Waals surface area contributed by atoms with Crippen LogP contribution in [0.2, 0.25) is 0 Å². The predicted molar refractivity (Wildman–Crippen MR) is 160 cm³/mol. The Bertz CT molecular complexity index is 1610. The van der Waals surface area contributed by atoms with E-state index < -0.39 is 102 Å². The first-order valence-corrected chi connectivity index (χ1v) is 14.6. The lowest BCUT2D eigenvalue weighted by Gasteiger charge is -2.39. The van der Waals surface area contributed by atoms with Gasteiger partial charge in [-0.2, -0.15) is 0 Å². The quantitative estimate of drug-likeness (QED) is 0.0842. The van der Waals surface area contributed by atoms with Gasteiger partial charge in [0.15, 0.2) is 40.8 Å². The van der Waals surface area contributed by atoms with Crippen LogP contribution in [0, 0.1) is 0 Å². The molecule has 0 aromatic heterocycles. The largest absolute Gasteiger partial charge is 0.504 e. The van der Waals surface area contributed by atoms with Gasteiger partial charge >= 0.3 is 11.9 Å². The number of aliphatic hydroxyl groups excluding tert-OH is 4. The minimum Gasteiger partial charge on any atom is -0.504 e. The van der Waals surface area contributed by atoms with Gasteiger partial charge in [0.05, 0.1) is 19.6 Å². The van der Waals surface area contributed by atoms with Crippen molar-refractivity contribution in [3.05, 3.63) is 70.8 Å². The molecule has 1 aliphatic rings. The Morgan fingerprint density at radius 3 is 2.02 bits per heavy atom. The molecule has 0 unspecified atom stereocenters. The van der Waals surface area contributed by atoms with Crippen molar-refractivity contribution in [2.24, 2.45) is 0 Å². The maximum atomic E-state index is 13.3. The number of hydrogen-bond donors (Lipinski definition) is 11. The molecule has 1 fully saturated rings. The number of ether oxygens (including phenoxy) is 3. The fraction of sp³-hybridized carbons (Fsp3) is 0.375. The van der Waals surface area contributed by atoms with Gasteiger partial charge in [-0.15, -0.1) is 0 Å². The van der Waals surface area contributed by atoms with E-state index in [0.29, 0.717) is 0 Å². The van der Waals surface area contributed by atoms with E-state index in [4.69, 9.17) is 14.2 Å². The summed E-state index contributed by atoms with van der Waals surface area (Å²) in [5.74, 6) is -6.78. The SMILES string of the molecule is O=C(C[C@H](c1ccc(O)c(O)c1)c1cc(O)c(O)cc1CCO[C@@H]1O[C@H](CO)[C@@H](O)[C@H](O)[C@H]1O)O[C@H](Cc1ccc(O)c(O)c1)C(=O)O. The van der Waals surface area contributed by atoms with E-state index in [1.54, 1.807) is 0 Å². The van der Waals surface area contributed by atoms with E-state index in [9.17, 15) is 65.8 Å². The smallest absolute Gasteiger partial charge is 0.345 e. The second-order valence-corrected chi connectivity index (χ2v) is 11.2. The standard InChI is InChI=1S/C32H36O16/c33-13-26-28(41)29(42)30(43)32(48-26)46-6-5-16-10-23(38)24(39)11-17(16)18(15-2-4-20(35)22(37)9-15)12-27(40)47-25(31(44)45)8-14-1-3-19(34)21(36)7-14/h1-4,7,9-11,18,25-26,28-30,32-39,41-43H,5-6,8,12-13H2,(H,44,45)/t18-,25-,26-,28-,29+,30-,32-/m1/s1. The highest BCUT2D eigenvalue weighted by molar-refractivity contribution is 5.79. The lowest BCUT2D eigenvalue weighted by Crippen LogP contribution is -2.59. The molecule has 0 radical (unpaired) electrons. The number of aliphatic hydroxyl groups is 4. The van der Waals surface area contributed by atoms with Crippen LogP contribution < -0.4 is 0 Å². The summed E-state index contributed by atoms with van der Waals surface area (Å²) in [5.41, 5.74) is 0.879. The van der Waals surface area contributed by atoms with Crippen LogP contribution in [0.25, 0.3) is 0 Å². The van der Waals surface area contributed by atoms with Crippen LogP contribution in [-0.4, -0.2) is 118 Å². The van der Waals surface area contributed by atoms with Crippen molar-refractivity contribution in [2.75, 3.05) is 13.2 Å². The number of hydrogen-bond acceptors (Lipinski definition) is 15. The minimum atomic E-state index is -1.73. The lowest BCUT2D eigenvalue weighted by molar-refractivity contribution is -0.300. The summed E-state index contributed by atoms with van der Waals surface area (Å²) in [7, 11) is 0. The molecule has 260 valence electrons. The molecule has 1 aliphatic heterocycles. The number of aromatic hydroxyl groups is 6. The van der Waals surface area contributed by atoms with Crippen LogP contribution in [0.1, 0.15) is 34.6 Å². The molecular formula is C32H36O16. The van der Waals surface area contributed by atoms with Crippen LogP contribution >= 0.6 is 0 Å². The van der Waals surface area contributed by atoms with Crippen molar-refractivity contribution in [3.8, 4) is 34.5 Å². The van der Waals surface area contributed by atoms with Gasteiger partial charge in [0, 0.05) is 12.3 Å². The number of carbonyl (C=O) groups excluding carboxylic acids is 1. The monoisotopic (exact) mass is 676 g/mol. The van der Waals surface area contributed by atoms with Crippen molar-refractivity contribution in [3.63, 3.8) is 0 Å². The molecule has 0 spiro atoms. The number of carboxylic acid groups (broad SMARTS) is 1. The number of carboxylic acids is 1. The number of esters is 1. The Labute approximate surface area is 272 Å². The Hall–Kier alpha value is -4.84. The Balaban J connectivity index is 1.61. The zero-order valence-corrected chi connectivity index (χ0v) is 25.2. The second-order valence-electron chi connectivity index (χ2n) is 11.2. The predicted octanol–water partition coefficient (Wildman–Crippen LogP) is 0.0403. The maximum absolute atomic E-state index is 13.3. The van der Waals surface area contributed by atoms with E-state index in [1.165, 1.54) is 12.1 Å². The normalized spacial score (nSPS) is 22.1. The molecule has 16 nitrogen and oxygen atoms in total. The summed E-state index contributed by atoms with van der Waals surface area (Å²) < 4.78 is 16.2. The average Bonchev–Trinajstić information content (AvgIpc) is 3.04. The van der Waals surface area contributed by atoms with Crippen molar-refractivity contribution in [1.82, 2.24) is 0 Å². The minimum absolute atomic E-state index is 0.0874. The summed E-state index contributed by atoms with van der Waals surface area (Å²) in [6.07, 6.45) is -10.5. The van der Waals surface area contributed by atoms with Gasteiger partial charge in [-0.1, -0.05) is 12.1 Å². The molecule has 1 heterocycles. The number of carbonyl (C=O) groups is 2. The third kappa shape index (κ3) is 8.35. The van der Waals surface area contributed by atoms with E-state index in [2.05, 4.69) is 0 Å². The second kappa shape index (κ2) is 15.4. The summed E-state index contributed by atoms with van der Waals surface area (Å²) >= 11 is 0. The van der Waals surface area contributed by atoms with Crippen LogP contribution in [0.4, 0.5) is 0 Å². The zero-order valence-electron chi connectivity index (χ0n) is 25.2. The highest BCUT2D eigenvalue weighted by Crippen LogP contribution is 2.40. The van der Waals surface area contributed by atoms with Crippen molar-refractivity contribution in [1.29, 1.82) is 0 Å². The van der Waals surface area contributed by atoms with Crippen LogP contribution in [0.15, 0.2) is 48.5 Å². The number of phenols is 6. The summed E-state index contributed by atoms with van der Waals surface area (Å²) in [5, 5.41) is 110. The Kier molecular flexibility index (Phi) is 11.5. The van der Waals surface area contributed by atoms with E-state index in [0.717, 1.165) is 36.4 Å². The highest BCUT2D eigenvalue weighted by atomic mass is 16.7. The fourth-order valence-electron chi connectivity index (χ4n) is 5.29. The molecule has 3 aromatic rings. The van der Waals surface area contributed by atoms with Gasteiger partial charge in [-0.3, -0.25) is 4.79 Å². The number of rotatable bonds is 13. The third-order valence-electron chi connectivity index (χ3n) is 7.90. The first kappa shape index (κ1) is 36.0. The Morgan fingerprint density at radius 2 is 1.40 bits per heavy atom. The molecule has 0 saturated carbocycles. The lowest BCUT2D eigenvalue weighted by atomic mass is 9.84. The maximum Gasteiger partial charge on any atom is 0.345 e. The molecule has 48 heavy (non-hydrogen) atoms. The number of aliphatic carboxylic acids is 1. The molecule has 7 atom stereocenters. The molecule has 0 amide bonds. The van der Waals surface area contributed by atoms with Gasteiger partial charge in [-0.25, -0.2) is 4.79 Å². The number of benzene rings is 3. The average molecular weight is 677 g/mol. The molecule has 1 saturated heterocycles. The summed E-state index contributed by atoms with van der Waals surface area (Å²) in [6, 6.07) is 9.52. The third-order valence-corrected chi connectivity index (χ3v) is 7.90. The Morgan fingerprint density at radius 1 is 0.771 bits per heavy atom. The van der Waals surface area contributed by atoms with Gasteiger partial charge in [0.1, 0.15) is 24.4 Å². The van der Waals surface area contributed by atoms with E-state index >= 15 is 0 Å².